The van der Waals surface area contributed by atoms with Crippen LogP contribution in [0, 0.1) is 5.92 Å². The molecule has 0 saturated carbocycles. The summed E-state index contributed by atoms with van der Waals surface area (Å²) in [4.78, 5) is 27.1. The van der Waals surface area contributed by atoms with E-state index in [-0.39, 0.29) is 29.5 Å². The number of hydrogen-bond donors (Lipinski definition) is 3. The number of rotatable bonds is 7. The fraction of sp³-hybridized carbons (Fsp3) is 0.565. The van der Waals surface area contributed by atoms with E-state index < -0.39 is 0 Å². The molecule has 1 aromatic rings. The Morgan fingerprint density at radius 2 is 1.97 bits per heavy atom. The minimum atomic E-state index is -0.183. The first-order chi connectivity index (χ1) is 14.0. The molecule has 1 atom stereocenters. The molecule has 3 rings (SSSR count). The lowest BCUT2D eigenvalue weighted by Crippen LogP contribution is -2.49. The van der Waals surface area contributed by atoms with Gasteiger partial charge in [0.15, 0.2) is 0 Å². The summed E-state index contributed by atoms with van der Waals surface area (Å²) in [5.41, 5.74) is 1.92. The van der Waals surface area contributed by atoms with E-state index in [4.69, 9.17) is 0 Å². The quantitative estimate of drug-likeness (QED) is 0.485. The van der Waals surface area contributed by atoms with Crippen molar-refractivity contribution in [1.29, 1.82) is 0 Å². The van der Waals surface area contributed by atoms with Crippen LogP contribution in [0.15, 0.2) is 35.9 Å². The van der Waals surface area contributed by atoms with Gasteiger partial charge < -0.3 is 15.7 Å². The van der Waals surface area contributed by atoms with Gasteiger partial charge in [0.05, 0.1) is 11.7 Å². The number of aromatic hydroxyl groups is 1. The molecule has 0 spiro atoms. The van der Waals surface area contributed by atoms with Crippen LogP contribution >= 0.6 is 0 Å². The van der Waals surface area contributed by atoms with Crippen molar-refractivity contribution in [3.05, 3.63) is 35.9 Å². The van der Waals surface area contributed by atoms with E-state index in [1.165, 1.54) is 31.3 Å². The van der Waals surface area contributed by atoms with E-state index in [0.29, 0.717) is 25.1 Å². The molecule has 0 unspecified atom stereocenters. The highest BCUT2D eigenvalue weighted by molar-refractivity contribution is 5.94. The molecule has 3 N–H and O–H groups in total. The number of phenols is 1. The number of anilines is 1. The van der Waals surface area contributed by atoms with Crippen LogP contribution in [0.2, 0.25) is 0 Å². The Morgan fingerprint density at radius 1 is 1.21 bits per heavy atom. The molecule has 1 aromatic carbocycles. The average Bonchev–Trinajstić information content (AvgIpc) is 2.75. The molecule has 2 aliphatic rings. The van der Waals surface area contributed by atoms with Gasteiger partial charge in [-0.15, -0.1) is 0 Å². The molecule has 2 amide bonds. The van der Waals surface area contributed by atoms with Crippen LogP contribution in [-0.4, -0.2) is 47.5 Å². The van der Waals surface area contributed by atoms with Crippen LogP contribution in [0.1, 0.15) is 51.9 Å². The van der Waals surface area contributed by atoms with Crippen LogP contribution < -0.4 is 10.6 Å². The fourth-order valence-corrected chi connectivity index (χ4v) is 4.15. The third-order valence-electron chi connectivity index (χ3n) is 6.12. The molecule has 1 heterocycles. The number of amides is 2. The van der Waals surface area contributed by atoms with Crippen molar-refractivity contribution in [2.24, 2.45) is 5.92 Å². The van der Waals surface area contributed by atoms with E-state index >= 15 is 0 Å². The van der Waals surface area contributed by atoms with Crippen LogP contribution in [-0.2, 0) is 9.59 Å². The first-order valence-electron chi connectivity index (χ1n) is 10.8. The maximum absolute atomic E-state index is 12.5. The number of hydrogen-bond acceptors (Lipinski definition) is 4. The minimum absolute atomic E-state index is 0.0657. The van der Waals surface area contributed by atoms with Crippen molar-refractivity contribution >= 4 is 17.5 Å². The summed E-state index contributed by atoms with van der Waals surface area (Å²) in [6.45, 7) is 4.09. The molecule has 1 aliphatic carbocycles. The number of para-hydroxylation sites is 2. The number of carbonyl (C=O) groups is 2. The predicted molar refractivity (Wildman–Crippen MR) is 115 cm³/mol. The van der Waals surface area contributed by atoms with Gasteiger partial charge in [-0.3, -0.25) is 14.5 Å². The van der Waals surface area contributed by atoms with Gasteiger partial charge in [-0.2, -0.15) is 0 Å². The van der Waals surface area contributed by atoms with E-state index in [9.17, 15) is 14.7 Å². The summed E-state index contributed by atoms with van der Waals surface area (Å²) in [6.07, 6.45) is 9.59. The van der Waals surface area contributed by atoms with Crippen LogP contribution in [0.4, 0.5) is 5.69 Å². The number of piperidine rings is 1. The molecule has 1 saturated heterocycles. The van der Waals surface area contributed by atoms with Gasteiger partial charge in [0.25, 0.3) is 0 Å². The average molecular weight is 400 g/mol. The Hall–Kier alpha value is -2.34. The third-order valence-corrected chi connectivity index (χ3v) is 6.12. The Morgan fingerprint density at radius 3 is 2.66 bits per heavy atom. The molecule has 158 valence electrons. The highest BCUT2D eigenvalue weighted by atomic mass is 16.3. The normalized spacial score (nSPS) is 19.3. The summed E-state index contributed by atoms with van der Waals surface area (Å²) in [6, 6.07) is 6.57. The number of phenolic OH excluding ortho intramolecular Hbond substituents is 1. The first kappa shape index (κ1) is 21.4. The SMILES string of the molecule is C[C@@H](C(=O)NCCC1=CCCCC1)N1CCC(C(=O)Nc2ccccc2O)CC1. The second kappa shape index (κ2) is 10.4. The Kier molecular flexibility index (Phi) is 7.69. The molecule has 6 nitrogen and oxygen atoms in total. The standard InChI is InChI=1S/C23H33N3O3/c1-17(22(28)24-14-11-18-7-3-2-4-8-18)26-15-12-19(13-16-26)23(29)25-20-9-5-6-10-21(20)27/h5-7,9-10,17,19,27H,2-4,8,11-16H2,1H3,(H,24,28)(H,25,29)/t17-/m0/s1. The summed E-state index contributed by atoms with van der Waals surface area (Å²) in [7, 11) is 0. The second-order valence-corrected chi connectivity index (χ2v) is 8.14. The number of allylic oxidation sites excluding steroid dienone is 1. The zero-order valence-corrected chi connectivity index (χ0v) is 17.3. The van der Waals surface area contributed by atoms with Gasteiger partial charge in [-0.1, -0.05) is 23.8 Å². The van der Waals surface area contributed by atoms with E-state index in [1.807, 2.05) is 6.92 Å². The highest BCUT2D eigenvalue weighted by Crippen LogP contribution is 2.25. The van der Waals surface area contributed by atoms with Crippen molar-refractivity contribution < 1.29 is 14.7 Å². The Balaban J connectivity index is 1.39. The Bertz CT molecular complexity index is 739. The van der Waals surface area contributed by atoms with Gasteiger partial charge in [0.2, 0.25) is 11.8 Å². The molecule has 0 bridgehead atoms. The molecular formula is C23H33N3O3. The minimum Gasteiger partial charge on any atom is -0.506 e. The lowest BCUT2D eigenvalue weighted by molar-refractivity contribution is -0.127. The topological polar surface area (TPSA) is 81.7 Å². The largest absolute Gasteiger partial charge is 0.506 e. The molecular weight excluding hydrogens is 366 g/mol. The Labute approximate surface area is 173 Å². The second-order valence-electron chi connectivity index (χ2n) is 8.14. The lowest BCUT2D eigenvalue weighted by Gasteiger charge is -2.34. The first-order valence-corrected chi connectivity index (χ1v) is 10.8. The number of carbonyl (C=O) groups excluding carboxylic acids is 2. The highest BCUT2D eigenvalue weighted by Gasteiger charge is 2.30. The van der Waals surface area contributed by atoms with E-state index in [2.05, 4.69) is 21.6 Å². The smallest absolute Gasteiger partial charge is 0.237 e. The van der Waals surface area contributed by atoms with Gasteiger partial charge in [-0.05, 0) is 77.1 Å². The van der Waals surface area contributed by atoms with Crippen LogP contribution in [0.3, 0.4) is 0 Å². The number of benzene rings is 1. The van der Waals surface area contributed by atoms with Crippen molar-refractivity contribution in [2.75, 3.05) is 25.0 Å². The van der Waals surface area contributed by atoms with Gasteiger partial charge in [-0.25, -0.2) is 0 Å². The lowest BCUT2D eigenvalue weighted by atomic mass is 9.94. The molecule has 1 fully saturated rings. The summed E-state index contributed by atoms with van der Waals surface area (Å²) in [5, 5.41) is 15.7. The zero-order valence-electron chi connectivity index (χ0n) is 17.3. The fourth-order valence-electron chi connectivity index (χ4n) is 4.15. The number of likely N-dealkylation sites (tertiary alicyclic amines) is 1. The maximum Gasteiger partial charge on any atom is 0.237 e. The van der Waals surface area contributed by atoms with Crippen LogP contribution in [0.25, 0.3) is 0 Å². The zero-order chi connectivity index (χ0) is 20.6. The van der Waals surface area contributed by atoms with Crippen LogP contribution in [0.5, 0.6) is 5.75 Å². The van der Waals surface area contributed by atoms with E-state index in [1.54, 1.807) is 24.3 Å². The monoisotopic (exact) mass is 399 g/mol. The molecule has 6 heteroatoms. The summed E-state index contributed by atoms with van der Waals surface area (Å²) < 4.78 is 0. The molecule has 29 heavy (non-hydrogen) atoms. The number of nitrogens with zero attached hydrogens (tertiary/aromatic N) is 1. The van der Waals surface area contributed by atoms with Gasteiger partial charge >= 0.3 is 0 Å². The van der Waals surface area contributed by atoms with Gasteiger partial charge in [0, 0.05) is 12.5 Å². The predicted octanol–water partition coefficient (Wildman–Crippen LogP) is 3.44. The number of nitrogens with one attached hydrogen (secondary N) is 2. The van der Waals surface area contributed by atoms with Crippen molar-refractivity contribution in [1.82, 2.24) is 10.2 Å². The van der Waals surface area contributed by atoms with Crippen molar-refractivity contribution in [3.63, 3.8) is 0 Å². The maximum atomic E-state index is 12.5. The van der Waals surface area contributed by atoms with E-state index in [0.717, 1.165) is 19.5 Å². The third kappa shape index (κ3) is 6.07. The molecule has 1 aliphatic heterocycles. The molecule has 0 radical (unpaired) electrons. The van der Waals surface area contributed by atoms with Gasteiger partial charge in [0.1, 0.15) is 5.75 Å². The van der Waals surface area contributed by atoms with Crippen molar-refractivity contribution in [2.45, 2.75) is 57.9 Å². The molecule has 0 aromatic heterocycles. The summed E-state index contributed by atoms with van der Waals surface area (Å²) in [5.74, 6) is -0.0190. The summed E-state index contributed by atoms with van der Waals surface area (Å²) >= 11 is 0. The van der Waals surface area contributed by atoms with Crippen molar-refractivity contribution in [3.8, 4) is 5.75 Å².